The van der Waals surface area contributed by atoms with Crippen LogP contribution in [-0.2, 0) is 114 Å². The largest absolute Gasteiger partial charge is 0.378 e. The smallest absolute Gasteiger partial charge is 0.220 e. The monoisotopic (exact) mass is 1340 g/mol. The van der Waals surface area contributed by atoms with E-state index in [1.54, 1.807) is 0 Å². The minimum absolute atomic E-state index is 0.113. The molecule has 0 unspecified atom stereocenters. The Morgan fingerprint density at radius 2 is 0.348 bits per heavy atom. The maximum absolute atomic E-state index is 12.1. The van der Waals surface area contributed by atoms with Gasteiger partial charge in [-0.2, -0.15) is 0 Å². The molecule has 0 aliphatic heterocycles. The number of amides is 1. The van der Waals surface area contributed by atoms with E-state index in [4.69, 9.17) is 115 Å². The third-order valence-electron chi connectivity index (χ3n) is 13.0. The summed E-state index contributed by atoms with van der Waals surface area (Å²) in [5.41, 5.74) is 5.35. The number of carbonyl (C=O) groups excluding carboxylic acids is 1. The number of unbranched alkanes of at least 4 members (excludes halogenated alkanes) is 14. The summed E-state index contributed by atoms with van der Waals surface area (Å²) >= 11 is 0. The summed E-state index contributed by atoms with van der Waals surface area (Å²) in [5, 5.41) is 2.95. The lowest BCUT2D eigenvalue weighted by molar-refractivity contribution is -0.121. The van der Waals surface area contributed by atoms with Crippen LogP contribution in [0.4, 0.5) is 0 Å². The summed E-state index contributed by atoms with van der Waals surface area (Å²) in [7, 11) is 0. The fourth-order valence-corrected chi connectivity index (χ4v) is 8.03. The van der Waals surface area contributed by atoms with Crippen molar-refractivity contribution in [3.63, 3.8) is 0 Å². The van der Waals surface area contributed by atoms with Crippen molar-refractivity contribution in [2.24, 2.45) is 5.73 Å². The quantitative estimate of drug-likeness (QED) is 0.0691. The van der Waals surface area contributed by atoms with Crippen molar-refractivity contribution < 1.29 is 114 Å². The Labute approximate surface area is 555 Å². The van der Waals surface area contributed by atoms with E-state index in [0.717, 1.165) is 12.8 Å². The molecule has 0 saturated heterocycles. The molecule has 0 saturated carbocycles. The second-order valence-corrected chi connectivity index (χ2v) is 20.9. The lowest BCUT2D eigenvalue weighted by Crippen LogP contribution is -2.27. The molecule has 552 valence electrons. The van der Waals surface area contributed by atoms with Gasteiger partial charge >= 0.3 is 0 Å². The molecule has 3 N–H and O–H groups in total. The molecule has 0 atom stereocenters. The van der Waals surface area contributed by atoms with Crippen LogP contribution in [0.15, 0.2) is 0 Å². The Bertz CT molecular complexity index is 1320. The Balaban J connectivity index is 3.11. The van der Waals surface area contributed by atoms with Gasteiger partial charge in [-0.25, -0.2) is 0 Å². The Hall–Kier alpha value is -1.49. The van der Waals surface area contributed by atoms with Gasteiger partial charge in [0.1, 0.15) is 0 Å². The predicted octanol–water partition coefficient (Wildman–Crippen LogP) is 5.70. The standard InChI is InChI=1S/C66H134N2O24/c1-2-3-4-5-6-7-8-9-10-11-12-13-14-15-16-17-66(69)68-19-21-71-23-25-73-27-29-75-31-33-77-35-37-79-39-41-81-43-45-83-47-49-85-51-53-87-55-57-89-59-61-91-63-65-92-64-62-90-60-58-88-56-54-86-52-50-84-48-46-82-44-42-80-40-38-78-36-34-76-32-30-74-28-26-72-24-22-70-20-18-67/h2-65,67H2,1H3,(H,68,69). The van der Waals surface area contributed by atoms with E-state index in [1.807, 2.05) is 0 Å². The highest BCUT2D eigenvalue weighted by Crippen LogP contribution is 2.14. The van der Waals surface area contributed by atoms with E-state index >= 15 is 0 Å². The summed E-state index contributed by atoms with van der Waals surface area (Å²) in [6.45, 7) is 26.1. The molecule has 26 nitrogen and oxygen atoms in total. The molecular formula is C66H134N2O24. The average molecular weight is 1340 g/mol. The third-order valence-corrected chi connectivity index (χ3v) is 13.0. The zero-order valence-electron chi connectivity index (χ0n) is 57.6. The van der Waals surface area contributed by atoms with Crippen molar-refractivity contribution in [2.75, 3.05) is 317 Å². The van der Waals surface area contributed by atoms with E-state index in [2.05, 4.69) is 12.2 Å². The number of ether oxygens (including phenoxy) is 23. The van der Waals surface area contributed by atoms with Gasteiger partial charge in [-0.3, -0.25) is 4.79 Å². The molecule has 0 spiro atoms. The van der Waals surface area contributed by atoms with Crippen molar-refractivity contribution in [1.82, 2.24) is 5.32 Å². The second-order valence-electron chi connectivity index (χ2n) is 20.9. The first-order chi connectivity index (χ1) is 45.8. The first kappa shape index (κ1) is 90.5. The van der Waals surface area contributed by atoms with Gasteiger partial charge in [0.2, 0.25) is 5.91 Å². The molecule has 0 fully saturated rings. The van der Waals surface area contributed by atoms with Crippen molar-refractivity contribution >= 4 is 5.91 Å². The number of hydrogen-bond donors (Lipinski definition) is 2. The number of carbonyl (C=O) groups is 1. The molecule has 0 aromatic rings. The molecule has 1 amide bonds. The van der Waals surface area contributed by atoms with Crippen molar-refractivity contribution in [3.8, 4) is 0 Å². The highest BCUT2D eigenvalue weighted by Gasteiger charge is 2.04. The SMILES string of the molecule is CCCCCCCCCCCCCCCCCC(=O)NCCOCCOCCOCCOCCOCCOCCOCCOCCOCCOCCOCCOCCOCCOCCOCCOCCOCCOCCOCCOCCOCCOCCOCCN. The minimum atomic E-state index is 0.113. The zero-order valence-corrected chi connectivity index (χ0v) is 57.6. The van der Waals surface area contributed by atoms with Crippen molar-refractivity contribution in [2.45, 2.75) is 110 Å². The van der Waals surface area contributed by atoms with E-state index in [1.165, 1.54) is 83.5 Å². The van der Waals surface area contributed by atoms with Crippen LogP contribution in [0.5, 0.6) is 0 Å². The molecule has 0 aliphatic rings. The maximum atomic E-state index is 12.1. The van der Waals surface area contributed by atoms with Crippen LogP contribution < -0.4 is 11.1 Å². The molecule has 0 aromatic heterocycles. The van der Waals surface area contributed by atoms with Gasteiger partial charge in [-0.1, -0.05) is 96.8 Å². The molecule has 0 rings (SSSR count). The summed E-state index contributed by atoms with van der Waals surface area (Å²) in [4.78, 5) is 12.1. The van der Waals surface area contributed by atoms with Crippen molar-refractivity contribution in [3.05, 3.63) is 0 Å². The minimum Gasteiger partial charge on any atom is -0.378 e. The first-order valence-electron chi connectivity index (χ1n) is 35.1. The number of nitrogens with two attached hydrogens (primary N) is 1. The van der Waals surface area contributed by atoms with Crippen LogP contribution in [0.2, 0.25) is 0 Å². The van der Waals surface area contributed by atoms with Crippen LogP contribution in [0, 0.1) is 0 Å². The van der Waals surface area contributed by atoms with E-state index in [-0.39, 0.29) is 5.91 Å². The van der Waals surface area contributed by atoms with Crippen molar-refractivity contribution in [1.29, 1.82) is 0 Å². The zero-order chi connectivity index (χ0) is 65.8. The predicted molar refractivity (Wildman–Crippen MR) is 350 cm³/mol. The summed E-state index contributed by atoms with van der Waals surface area (Å²) in [6, 6.07) is 0. The third kappa shape index (κ3) is 86.5. The van der Waals surface area contributed by atoms with Crippen LogP contribution >= 0.6 is 0 Å². The van der Waals surface area contributed by atoms with Crippen LogP contribution in [0.1, 0.15) is 110 Å². The maximum Gasteiger partial charge on any atom is 0.220 e. The number of hydrogen-bond acceptors (Lipinski definition) is 25. The van der Waals surface area contributed by atoms with Gasteiger partial charge < -0.3 is 120 Å². The van der Waals surface area contributed by atoms with Gasteiger partial charge in [0.05, 0.1) is 304 Å². The second kappa shape index (κ2) is 87.5. The van der Waals surface area contributed by atoms with Gasteiger partial charge in [-0.15, -0.1) is 0 Å². The van der Waals surface area contributed by atoms with E-state index in [0.29, 0.717) is 323 Å². The highest BCUT2D eigenvalue weighted by atomic mass is 16.6. The summed E-state index contributed by atoms with van der Waals surface area (Å²) in [5.74, 6) is 0.113. The molecule has 26 heteroatoms. The molecule has 0 aliphatic carbocycles. The topological polar surface area (TPSA) is 267 Å². The summed E-state index contributed by atoms with van der Waals surface area (Å²) < 4.78 is 127. The van der Waals surface area contributed by atoms with Gasteiger partial charge in [0.15, 0.2) is 0 Å². The molecule has 0 radical (unpaired) electrons. The van der Waals surface area contributed by atoms with Gasteiger partial charge in [0.25, 0.3) is 0 Å². The fourth-order valence-electron chi connectivity index (χ4n) is 8.03. The van der Waals surface area contributed by atoms with Crippen LogP contribution in [0.25, 0.3) is 0 Å². The average Bonchev–Trinajstić information content (AvgIpc) is 3.57. The van der Waals surface area contributed by atoms with E-state index in [9.17, 15) is 4.79 Å². The molecule has 0 bridgehead atoms. The Kier molecular flexibility index (Phi) is 86.1. The Morgan fingerprint density at radius 1 is 0.207 bits per heavy atom. The van der Waals surface area contributed by atoms with Gasteiger partial charge in [-0.05, 0) is 6.42 Å². The number of nitrogens with one attached hydrogen (secondary N) is 1. The highest BCUT2D eigenvalue weighted by molar-refractivity contribution is 5.75. The molecule has 0 heterocycles. The van der Waals surface area contributed by atoms with Gasteiger partial charge in [0, 0.05) is 19.5 Å². The lowest BCUT2D eigenvalue weighted by Gasteiger charge is -2.09. The first-order valence-corrected chi connectivity index (χ1v) is 35.1. The van der Waals surface area contributed by atoms with Crippen LogP contribution in [0.3, 0.4) is 0 Å². The normalized spacial score (nSPS) is 11.7. The molecule has 92 heavy (non-hydrogen) atoms. The molecular weight excluding hydrogens is 1200 g/mol. The van der Waals surface area contributed by atoms with E-state index < -0.39 is 0 Å². The lowest BCUT2D eigenvalue weighted by atomic mass is 10.0. The molecule has 0 aromatic carbocycles. The van der Waals surface area contributed by atoms with Crippen LogP contribution in [-0.4, -0.2) is 323 Å². The Morgan fingerprint density at radius 3 is 0.511 bits per heavy atom. The summed E-state index contributed by atoms with van der Waals surface area (Å²) in [6.07, 6.45) is 20.5. The fraction of sp³-hybridized carbons (Fsp3) is 0.985. The number of rotatable bonds is 87.